The quantitative estimate of drug-likeness (QED) is 0.506. The number of sulfone groups is 1. The van der Waals surface area contributed by atoms with Crippen LogP contribution in [0.4, 0.5) is 0 Å². The lowest BCUT2D eigenvalue weighted by molar-refractivity contribution is 0.0560. The first kappa shape index (κ1) is 21.9. The maximum Gasteiger partial charge on any atom is 0.290 e. The second-order valence-electron chi connectivity index (χ2n) is 8.33. The maximum absolute atomic E-state index is 13.4. The van der Waals surface area contributed by atoms with E-state index in [-0.39, 0.29) is 23.5 Å². The second kappa shape index (κ2) is 8.81. The number of hydrogen-bond acceptors (Lipinski definition) is 8. The number of benzene rings is 1. The molecule has 0 unspecified atom stereocenters. The van der Waals surface area contributed by atoms with E-state index in [1.54, 1.807) is 23.1 Å². The Balaban J connectivity index is 1.32. The predicted octanol–water partition coefficient (Wildman–Crippen LogP) is 3.43. The smallest absolute Gasteiger partial charge is 0.290 e. The Morgan fingerprint density at radius 2 is 2.03 bits per heavy atom. The van der Waals surface area contributed by atoms with Crippen LogP contribution < -0.4 is 0 Å². The minimum atomic E-state index is -2.91. The third kappa shape index (κ3) is 4.46. The molecule has 0 saturated carbocycles. The van der Waals surface area contributed by atoms with E-state index in [0.717, 1.165) is 26.6 Å². The molecule has 1 amide bonds. The number of aromatic nitrogens is 1. The number of piperazine rings is 1. The van der Waals surface area contributed by atoms with Gasteiger partial charge in [0.1, 0.15) is 9.92 Å². The van der Waals surface area contributed by atoms with E-state index < -0.39 is 9.84 Å². The summed E-state index contributed by atoms with van der Waals surface area (Å²) in [5.41, 5.74) is 2.63. The SMILES string of the molecule is Cc1csc(SCc2c(C(=O)N3CCN([C@H]4CCS(=O)(=O)C4)CC3)oc3ccccc23)n1. The van der Waals surface area contributed by atoms with E-state index in [9.17, 15) is 13.2 Å². The molecule has 2 aliphatic rings. The highest BCUT2D eigenvalue weighted by molar-refractivity contribution is 8.00. The van der Waals surface area contributed by atoms with Gasteiger partial charge in [0.05, 0.1) is 11.5 Å². The number of carbonyl (C=O) groups is 1. The number of rotatable bonds is 5. The average molecular weight is 492 g/mol. The monoisotopic (exact) mass is 491 g/mol. The third-order valence-electron chi connectivity index (χ3n) is 6.16. The van der Waals surface area contributed by atoms with Crippen molar-refractivity contribution in [1.82, 2.24) is 14.8 Å². The number of hydrogen-bond donors (Lipinski definition) is 0. The molecule has 2 saturated heterocycles. The van der Waals surface area contributed by atoms with Crippen LogP contribution in [0.5, 0.6) is 0 Å². The normalized spacial score (nSPS) is 21.4. The molecule has 0 bridgehead atoms. The molecule has 2 aromatic heterocycles. The zero-order chi connectivity index (χ0) is 22.3. The number of fused-ring (bicyclic) bond motifs is 1. The van der Waals surface area contributed by atoms with E-state index in [1.165, 1.54) is 0 Å². The van der Waals surface area contributed by atoms with Crippen molar-refractivity contribution < 1.29 is 17.6 Å². The van der Waals surface area contributed by atoms with Crippen LogP contribution in [-0.4, -0.2) is 72.8 Å². The Morgan fingerprint density at radius 1 is 1.25 bits per heavy atom. The van der Waals surface area contributed by atoms with Gasteiger partial charge < -0.3 is 9.32 Å². The Bertz CT molecular complexity index is 1240. The van der Waals surface area contributed by atoms with Gasteiger partial charge >= 0.3 is 0 Å². The summed E-state index contributed by atoms with van der Waals surface area (Å²) in [4.78, 5) is 22.0. The first-order valence-corrected chi connectivity index (χ1v) is 14.4. The summed E-state index contributed by atoms with van der Waals surface area (Å²) in [7, 11) is -2.91. The van der Waals surface area contributed by atoms with Crippen LogP contribution >= 0.6 is 23.1 Å². The van der Waals surface area contributed by atoms with Gasteiger partial charge in [0.15, 0.2) is 15.6 Å². The number of nitrogens with zero attached hydrogens (tertiary/aromatic N) is 3. The number of carbonyl (C=O) groups excluding carboxylic acids is 1. The van der Waals surface area contributed by atoms with Crippen LogP contribution in [0.3, 0.4) is 0 Å². The molecular formula is C22H25N3O4S3. The largest absolute Gasteiger partial charge is 0.451 e. The van der Waals surface area contributed by atoms with Crippen molar-refractivity contribution in [2.75, 3.05) is 37.7 Å². The maximum atomic E-state index is 13.4. The molecule has 5 rings (SSSR count). The number of thioether (sulfide) groups is 1. The first-order chi connectivity index (χ1) is 15.4. The molecule has 0 N–H and O–H groups in total. The summed E-state index contributed by atoms with van der Waals surface area (Å²) in [6.07, 6.45) is 0.692. The molecule has 0 spiro atoms. The van der Waals surface area contributed by atoms with E-state index in [2.05, 4.69) is 9.88 Å². The highest BCUT2D eigenvalue weighted by Gasteiger charge is 2.35. The highest BCUT2D eigenvalue weighted by atomic mass is 32.2. The van der Waals surface area contributed by atoms with Crippen molar-refractivity contribution in [2.45, 2.75) is 29.5 Å². The summed E-state index contributed by atoms with van der Waals surface area (Å²) in [6, 6.07) is 7.85. The zero-order valence-electron chi connectivity index (χ0n) is 17.8. The summed E-state index contributed by atoms with van der Waals surface area (Å²) in [5, 5.41) is 2.99. The fourth-order valence-electron chi connectivity index (χ4n) is 4.44. The number of thiazole rings is 1. The Morgan fingerprint density at radius 3 is 2.72 bits per heavy atom. The molecule has 2 aliphatic heterocycles. The van der Waals surface area contributed by atoms with E-state index in [1.807, 2.05) is 41.5 Å². The van der Waals surface area contributed by atoms with Crippen LogP contribution in [-0.2, 0) is 15.6 Å². The molecule has 1 atom stereocenters. The Hall–Kier alpha value is -1.88. The summed E-state index contributed by atoms with van der Waals surface area (Å²) >= 11 is 3.23. The summed E-state index contributed by atoms with van der Waals surface area (Å²) in [6.45, 7) is 4.50. The van der Waals surface area contributed by atoms with Crippen molar-refractivity contribution in [3.63, 3.8) is 0 Å². The van der Waals surface area contributed by atoms with Gasteiger partial charge in [0.2, 0.25) is 0 Å². The lowest BCUT2D eigenvalue weighted by atomic mass is 10.1. The molecule has 0 radical (unpaired) electrons. The molecule has 170 valence electrons. The number of aryl methyl sites for hydroxylation is 1. The van der Waals surface area contributed by atoms with Gasteiger partial charge in [-0.25, -0.2) is 13.4 Å². The van der Waals surface area contributed by atoms with Crippen molar-refractivity contribution in [3.05, 3.63) is 46.7 Å². The van der Waals surface area contributed by atoms with E-state index in [4.69, 9.17) is 4.42 Å². The lowest BCUT2D eigenvalue weighted by Crippen LogP contribution is -2.52. The number of para-hydroxylation sites is 1. The van der Waals surface area contributed by atoms with Gasteiger partial charge in [0.25, 0.3) is 5.91 Å². The molecule has 0 aliphatic carbocycles. The van der Waals surface area contributed by atoms with Gasteiger partial charge in [-0.2, -0.15) is 0 Å². The van der Waals surface area contributed by atoms with Crippen molar-refractivity contribution in [3.8, 4) is 0 Å². The second-order valence-corrected chi connectivity index (χ2v) is 12.6. The zero-order valence-corrected chi connectivity index (χ0v) is 20.3. The third-order valence-corrected chi connectivity index (χ3v) is 10.1. The molecule has 32 heavy (non-hydrogen) atoms. The molecule has 10 heteroatoms. The minimum Gasteiger partial charge on any atom is -0.451 e. The first-order valence-electron chi connectivity index (χ1n) is 10.7. The van der Waals surface area contributed by atoms with Crippen LogP contribution in [0, 0.1) is 6.92 Å². The minimum absolute atomic E-state index is 0.0807. The van der Waals surface area contributed by atoms with Gasteiger partial charge in [-0.1, -0.05) is 30.0 Å². The number of amides is 1. The van der Waals surface area contributed by atoms with Gasteiger partial charge in [-0.05, 0) is 19.4 Å². The van der Waals surface area contributed by atoms with Crippen LogP contribution in [0.15, 0.2) is 38.4 Å². The topological polar surface area (TPSA) is 83.7 Å². The fourth-order valence-corrected chi connectivity index (χ4v) is 8.08. The predicted molar refractivity (Wildman–Crippen MR) is 127 cm³/mol. The van der Waals surface area contributed by atoms with Crippen molar-refractivity contribution >= 4 is 49.8 Å². The number of furan rings is 1. The molecule has 3 aromatic rings. The standard InChI is InChI=1S/C22H25N3O4S3/c1-15-12-30-22(23-15)31-13-18-17-4-2-3-5-19(17)29-20(18)21(26)25-9-7-24(8-10-25)16-6-11-32(27,28)14-16/h2-5,12,16H,6-11,13-14H2,1H3/t16-/m0/s1. The van der Waals surface area contributed by atoms with Crippen LogP contribution in [0.2, 0.25) is 0 Å². The van der Waals surface area contributed by atoms with Crippen LogP contribution in [0.25, 0.3) is 11.0 Å². The summed E-state index contributed by atoms with van der Waals surface area (Å²) < 4.78 is 30.7. The molecule has 4 heterocycles. The molecule has 2 fully saturated rings. The van der Waals surface area contributed by atoms with Crippen LogP contribution in [0.1, 0.15) is 28.2 Å². The summed E-state index contributed by atoms with van der Waals surface area (Å²) in [5.74, 6) is 1.44. The highest BCUT2D eigenvalue weighted by Crippen LogP contribution is 2.34. The van der Waals surface area contributed by atoms with Gasteiger partial charge in [-0.15, -0.1) is 11.3 Å². The molecule has 1 aromatic carbocycles. The molecular weight excluding hydrogens is 466 g/mol. The van der Waals surface area contributed by atoms with E-state index in [0.29, 0.717) is 44.1 Å². The van der Waals surface area contributed by atoms with Gasteiger partial charge in [-0.3, -0.25) is 9.69 Å². The van der Waals surface area contributed by atoms with E-state index >= 15 is 0 Å². The Kier molecular flexibility index (Phi) is 6.04. The lowest BCUT2D eigenvalue weighted by Gasteiger charge is -2.37. The fraction of sp³-hybridized carbons (Fsp3) is 0.455. The molecule has 7 nitrogen and oxygen atoms in total. The average Bonchev–Trinajstić information content (AvgIpc) is 3.48. The van der Waals surface area contributed by atoms with Crippen molar-refractivity contribution in [2.24, 2.45) is 0 Å². The Labute approximate surface area is 195 Å². The van der Waals surface area contributed by atoms with Crippen molar-refractivity contribution in [1.29, 1.82) is 0 Å². The van der Waals surface area contributed by atoms with Gasteiger partial charge in [0, 0.05) is 60.0 Å².